The summed E-state index contributed by atoms with van der Waals surface area (Å²) in [5.41, 5.74) is 0. The fourth-order valence-electron chi connectivity index (χ4n) is 0.616. The molecule has 1 heterocycles. The van der Waals surface area contributed by atoms with Gasteiger partial charge >= 0.3 is 12.0 Å². The van der Waals surface area contributed by atoms with Gasteiger partial charge in [0.1, 0.15) is 6.26 Å². The van der Waals surface area contributed by atoms with E-state index in [-0.39, 0.29) is 12.0 Å². The van der Waals surface area contributed by atoms with Crippen molar-refractivity contribution in [3.05, 3.63) is 12.5 Å². The van der Waals surface area contributed by atoms with E-state index < -0.39 is 0 Å². The number of urea groups is 1. The summed E-state index contributed by atoms with van der Waals surface area (Å²) in [6.07, 6.45) is 2.88. The van der Waals surface area contributed by atoms with E-state index in [1.54, 1.807) is 7.05 Å². The highest BCUT2D eigenvalue weighted by molar-refractivity contribution is 5.86. The minimum Gasteiger partial charge on any atom is -0.432 e. The van der Waals surface area contributed by atoms with Gasteiger partial charge in [-0.1, -0.05) is 0 Å². The van der Waals surface area contributed by atoms with Crippen molar-refractivity contribution < 1.29 is 9.21 Å². The van der Waals surface area contributed by atoms with E-state index >= 15 is 0 Å². The first-order valence-corrected chi connectivity index (χ1v) is 3.65. The topological polar surface area (TPSA) is 58.4 Å². The molecule has 0 aromatic carbocycles. The van der Waals surface area contributed by atoms with Gasteiger partial charge in [-0.25, -0.2) is 9.78 Å². The van der Waals surface area contributed by atoms with Crippen LogP contribution in [0.15, 0.2) is 16.9 Å². The van der Waals surface area contributed by atoms with E-state index in [9.17, 15) is 4.79 Å². The molecule has 5 heteroatoms. The number of hydrogen-bond donors (Lipinski definition) is 1. The second kappa shape index (κ2) is 3.75. The van der Waals surface area contributed by atoms with Crippen LogP contribution in [0.4, 0.5) is 10.8 Å². The summed E-state index contributed by atoms with van der Waals surface area (Å²) >= 11 is 0. The van der Waals surface area contributed by atoms with Crippen molar-refractivity contribution in [2.45, 2.75) is 6.92 Å². The van der Waals surface area contributed by atoms with Gasteiger partial charge in [0.2, 0.25) is 0 Å². The van der Waals surface area contributed by atoms with Crippen molar-refractivity contribution in [2.24, 2.45) is 0 Å². The molecule has 0 fully saturated rings. The molecule has 0 spiro atoms. The maximum atomic E-state index is 11.2. The van der Waals surface area contributed by atoms with Crippen molar-refractivity contribution in [3.63, 3.8) is 0 Å². The molecule has 0 saturated carbocycles. The molecular formula is C7H11N3O2. The molecule has 0 radical (unpaired) electrons. The van der Waals surface area contributed by atoms with Gasteiger partial charge in [-0.3, -0.25) is 5.32 Å². The molecule has 0 bridgehead atoms. The van der Waals surface area contributed by atoms with Crippen LogP contribution in [0.3, 0.4) is 0 Å². The fraction of sp³-hybridized carbons (Fsp3) is 0.429. The third kappa shape index (κ3) is 1.98. The molecule has 1 aromatic rings. The Morgan fingerprint density at radius 1 is 1.83 bits per heavy atom. The zero-order valence-electron chi connectivity index (χ0n) is 7.07. The Balaban J connectivity index is 2.47. The lowest BCUT2D eigenvalue weighted by Crippen LogP contribution is -2.30. The standard InChI is InChI=1S/C7H11N3O2/c1-3-10(2)7(11)9-6-8-4-5-12-6/h4-5H,3H2,1-2H3,(H,8,9,11). The van der Waals surface area contributed by atoms with Crippen molar-refractivity contribution >= 4 is 12.0 Å². The lowest BCUT2D eigenvalue weighted by Gasteiger charge is -2.12. The first kappa shape index (κ1) is 8.58. The number of oxazole rings is 1. The summed E-state index contributed by atoms with van der Waals surface area (Å²) in [5, 5.41) is 2.48. The van der Waals surface area contributed by atoms with Crippen LogP contribution in [0.5, 0.6) is 0 Å². The molecule has 1 N–H and O–H groups in total. The number of hydrogen-bond acceptors (Lipinski definition) is 3. The summed E-state index contributed by atoms with van der Waals surface area (Å²) in [4.78, 5) is 16.4. The quantitative estimate of drug-likeness (QED) is 0.722. The van der Waals surface area contributed by atoms with Crippen molar-refractivity contribution in [2.75, 3.05) is 18.9 Å². The number of aromatic nitrogens is 1. The third-order valence-corrected chi connectivity index (χ3v) is 1.47. The Morgan fingerprint density at radius 2 is 2.58 bits per heavy atom. The minimum atomic E-state index is -0.222. The highest BCUT2D eigenvalue weighted by Crippen LogP contribution is 2.01. The lowest BCUT2D eigenvalue weighted by atomic mass is 10.6. The Labute approximate surface area is 70.4 Å². The Kier molecular flexibility index (Phi) is 2.68. The first-order chi connectivity index (χ1) is 5.74. The van der Waals surface area contributed by atoms with Crippen molar-refractivity contribution in [1.29, 1.82) is 0 Å². The number of carbonyl (C=O) groups is 1. The first-order valence-electron chi connectivity index (χ1n) is 3.65. The molecule has 12 heavy (non-hydrogen) atoms. The molecule has 0 aliphatic rings. The molecule has 66 valence electrons. The molecule has 0 aliphatic carbocycles. The predicted octanol–water partition coefficient (Wildman–Crippen LogP) is 1.16. The summed E-state index contributed by atoms with van der Waals surface area (Å²) in [6, 6.07) is 0.000231. The monoisotopic (exact) mass is 169 g/mol. The highest BCUT2D eigenvalue weighted by Gasteiger charge is 2.07. The Bertz CT molecular complexity index is 245. The zero-order chi connectivity index (χ0) is 8.97. The number of nitrogens with zero attached hydrogens (tertiary/aromatic N) is 2. The molecule has 2 amide bonds. The van der Waals surface area contributed by atoms with Crippen LogP contribution in [-0.2, 0) is 0 Å². The molecule has 1 aromatic heterocycles. The van der Waals surface area contributed by atoms with Gasteiger partial charge in [-0.2, -0.15) is 0 Å². The molecule has 0 unspecified atom stereocenters. The van der Waals surface area contributed by atoms with E-state index in [1.165, 1.54) is 17.4 Å². The van der Waals surface area contributed by atoms with E-state index in [2.05, 4.69) is 10.3 Å². The normalized spacial score (nSPS) is 9.50. The Morgan fingerprint density at radius 3 is 3.08 bits per heavy atom. The van der Waals surface area contributed by atoms with Gasteiger partial charge < -0.3 is 9.32 Å². The SMILES string of the molecule is CCN(C)C(=O)Nc1ncco1. The largest absolute Gasteiger partial charge is 0.432 e. The number of anilines is 1. The molecule has 0 aliphatic heterocycles. The predicted molar refractivity (Wildman–Crippen MR) is 43.8 cm³/mol. The van der Waals surface area contributed by atoms with Gasteiger partial charge in [-0.05, 0) is 6.92 Å². The second-order valence-corrected chi connectivity index (χ2v) is 2.28. The number of nitrogens with one attached hydrogen (secondary N) is 1. The molecule has 5 nitrogen and oxygen atoms in total. The van der Waals surface area contributed by atoms with Crippen molar-refractivity contribution in [3.8, 4) is 0 Å². The maximum Gasteiger partial charge on any atom is 0.325 e. The fourth-order valence-corrected chi connectivity index (χ4v) is 0.616. The van der Waals surface area contributed by atoms with Crippen LogP contribution < -0.4 is 5.32 Å². The second-order valence-electron chi connectivity index (χ2n) is 2.28. The average Bonchev–Trinajstić information content (AvgIpc) is 2.55. The van der Waals surface area contributed by atoms with Gasteiger partial charge in [-0.15, -0.1) is 0 Å². The van der Waals surface area contributed by atoms with Gasteiger partial charge in [0.05, 0.1) is 6.20 Å². The van der Waals surface area contributed by atoms with Crippen LogP contribution in [0.2, 0.25) is 0 Å². The van der Waals surface area contributed by atoms with Crippen LogP contribution in [-0.4, -0.2) is 29.5 Å². The molecule has 0 saturated heterocycles. The maximum absolute atomic E-state index is 11.2. The van der Waals surface area contributed by atoms with Crippen molar-refractivity contribution in [1.82, 2.24) is 9.88 Å². The van der Waals surface area contributed by atoms with Gasteiger partial charge in [0.25, 0.3) is 0 Å². The van der Waals surface area contributed by atoms with Gasteiger partial charge in [0.15, 0.2) is 0 Å². The third-order valence-electron chi connectivity index (χ3n) is 1.47. The van der Waals surface area contributed by atoms with Crippen LogP contribution >= 0.6 is 0 Å². The van der Waals surface area contributed by atoms with E-state index in [1.807, 2.05) is 6.92 Å². The number of carbonyl (C=O) groups excluding carboxylic acids is 1. The molecule has 1 rings (SSSR count). The number of amides is 2. The average molecular weight is 169 g/mol. The zero-order valence-corrected chi connectivity index (χ0v) is 7.07. The van der Waals surface area contributed by atoms with E-state index in [0.29, 0.717) is 6.54 Å². The summed E-state index contributed by atoms with van der Waals surface area (Å²) in [7, 11) is 1.69. The Hall–Kier alpha value is -1.52. The summed E-state index contributed by atoms with van der Waals surface area (Å²) in [5.74, 6) is 0. The molecular weight excluding hydrogens is 158 g/mol. The van der Waals surface area contributed by atoms with E-state index in [4.69, 9.17) is 4.42 Å². The summed E-state index contributed by atoms with van der Waals surface area (Å²) < 4.78 is 4.83. The van der Waals surface area contributed by atoms with Crippen LogP contribution in [0.1, 0.15) is 6.92 Å². The van der Waals surface area contributed by atoms with Crippen LogP contribution in [0, 0.1) is 0 Å². The van der Waals surface area contributed by atoms with Crippen LogP contribution in [0.25, 0.3) is 0 Å². The minimum absolute atomic E-state index is 0.222. The summed E-state index contributed by atoms with van der Waals surface area (Å²) in [6.45, 7) is 2.53. The lowest BCUT2D eigenvalue weighted by molar-refractivity contribution is 0.224. The van der Waals surface area contributed by atoms with Gasteiger partial charge in [0, 0.05) is 13.6 Å². The smallest absolute Gasteiger partial charge is 0.325 e. The van der Waals surface area contributed by atoms with E-state index in [0.717, 1.165) is 0 Å². The number of rotatable bonds is 2. The molecule has 0 atom stereocenters. The highest BCUT2D eigenvalue weighted by atomic mass is 16.4.